The van der Waals surface area contributed by atoms with Crippen LogP contribution < -0.4 is 9.62 Å². The molecule has 138 valence electrons. The summed E-state index contributed by atoms with van der Waals surface area (Å²) >= 11 is 18.0. The fraction of sp³-hybridized carbons (Fsp3) is 0.562. The number of carbonyl (C=O) groups is 1. The third-order valence-corrected chi connectivity index (χ3v) is 7.18. The van der Waals surface area contributed by atoms with Gasteiger partial charge >= 0.3 is 0 Å². The Morgan fingerprint density at radius 1 is 1.16 bits per heavy atom. The third kappa shape index (κ3) is 4.18. The molecule has 0 aliphatic heterocycles. The van der Waals surface area contributed by atoms with Crippen molar-refractivity contribution in [3.8, 4) is 0 Å². The molecule has 3 atom stereocenters. The van der Waals surface area contributed by atoms with Gasteiger partial charge in [0.05, 0.1) is 27.0 Å². The van der Waals surface area contributed by atoms with Gasteiger partial charge in [0, 0.05) is 6.04 Å². The van der Waals surface area contributed by atoms with Gasteiger partial charge in [-0.25, -0.2) is 8.42 Å². The first-order chi connectivity index (χ1) is 11.6. The van der Waals surface area contributed by atoms with Gasteiger partial charge in [-0.15, -0.1) is 0 Å². The number of nitrogens with one attached hydrogen (secondary N) is 1. The van der Waals surface area contributed by atoms with E-state index in [0.717, 1.165) is 29.8 Å². The highest BCUT2D eigenvalue weighted by atomic mass is 35.5. The number of rotatable bonds is 5. The molecule has 2 aliphatic rings. The summed E-state index contributed by atoms with van der Waals surface area (Å²) in [5, 5.41) is 3.49. The smallest absolute Gasteiger partial charge is 0.241 e. The van der Waals surface area contributed by atoms with Crippen LogP contribution in [0.5, 0.6) is 0 Å². The average Bonchev–Trinajstić information content (AvgIpc) is 3.10. The highest BCUT2D eigenvalue weighted by molar-refractivity contribution is 7.92. The number of nitrogens with zero attached hydrogens (tertiary/aromatic N) is 1. The molecule has 0 heterocycles. The van der Waals surface area contributed by atoms with Crippen LogP contribution in [0.25, 0.3) is 0 Å². The molecule has 3 rings (SSSR count). The summed E-state index contributed by atoms with van der Waals surface area (Å²) in [6.07, 6.45) is 5.51. The summed E-state index contributed by atoms with van der Waals surface area (Å²) in [7, 11) is -3.72. The van der Waals surface area contributed by atoms with E-state index in [1.165, 1.54) is 18.6 Å². The highest BCUT2D eigenvalue weighted by Crippen LogP contribution is 2.44. The van der Waals surface area contributed by atoms with Crippen LogP contribution in [0.2, 0.25) is 15.1 Å². The van der Waals surface area contributed by atoms with Crippen molar-refractivity contribution < 1.29 is 13.2 Å². The normalized spacial score (nSPS) is 25.2. The second-order valence-corrected chi connectivity index (χ2v) is 9.96. The predicted octanol–water partition coefficient (Wildman–Crippen LogP) is 3.72. The molecular weight excluding hydrogens is 407 g/mol. The molecule has 1 N–H and O–H groups in total. The molecule has 9 heteroatoms. The van der Waals surface area contributed by atoms with Gasteiger partial charge in [-0.1, -0.05) is 41.2 Å². The lowest BCUT2D eigenvalue weighted by molar-refractivity contribution is -0.120. The third-order valence-electron chi connectivity index (χ3n) is 5.03. The van der Waals surface area contributed by atoms with E-state index in [4.69, 9.17) is 34.8 Å². The number of hydrogen-bond acceptors (Lipinski definition) is 3. The number of halogens is 3. The quantitative estimate of drug-likeness (QED) is 0.731. The largest absolute Gasteiger partial charge is 0.352 e. The molecule has 5 nitrogen and oxygen atoms in total. The Bertz CT molecular complexity index is 800. The number of benzene rings is 1. The topological polar surface area (TPSA) is 66.5 Å². The maximum absolute atomic E-state index is 12.4. The Morgan fingerprint density at radius 2 is 1.84 bits per heavy atom. The lowest BCUT2D eigenvalue weighted by Crippen LogP contribution is -2.45. The van der Waals surface area contributed by atoms with Gasteiger partial charge in [0.1, 0.15) is 6.54 Å². The fourth-order valence-electron chi connectivity index (χ4n) is 3.89. The van der Waals surface area contributed by atoms with E-state index in [-0.39, 0.29) is 39.2 Å². The molecule has 2 bridgehead atoms. The van der Waals surface area contributed by atoms with E-state index in [1.807, 2.05) is 0 Å². The van der Waals surface area contributed by atoms with Crippen molar-refractivity contribution in [1.82, 2.24) is 5.32 Å². The Balaban J connectivity index is 1.78. The summed E-state index contributed by atoms with van der Waals surface area (Å²) < 4.78 is 25.3. The molecule has 0 radical (unpaired) electrons. The number of anilines is 1. The van der Waals surface area contributed by atoms with E-state index in [9.17, 15) is 13.2 Å². The van der Waals surface area contributed by atoms with Crippen LogP contribution in [0.1, 0.15) is 25.7 Å². The number of sulfonamides is 1. The molecule has 2 fully saturated rings. The molecule has 1 amide bonds. The number of amides is 1. The molecule has 0 aromatic heterocycles. The monoisotopic (exact) mass is 424 g/mol. The van der Waals surface area contributed by atoms with Crippen LogP contribution in [-0.4, -0.2) is 33.2 Å². The lowest BCUT2D eigenvalue weighted by atomic mass is 9.95. The maximum Gasteiger partial charge on any atom is 0.241 e. The fourth-order valence-corrected chi connectivity index (χ4v) is 5.44. The molecule has 1 aromatic rings. The molecule has 0 unspecified atom stereocenters. The summed E-state index contributed by atoms with van der Waals surface area (Å²) in [6, 6.07) is 2.86. The first kappa shape index (κ1) is 19.1. The first-order valence-corrected chi connectivity index (χ1v) is 11.0. The summed E-state index contributed by atoms with van der Waals surface area (Å²) in [5.41, 5.74) is 0.140. The second-order valence-electron chi connectivity index (χ2n) is 6.84. The van der Waals surface area contributed by atoms with Crippen LogP contribution >= 0.6 is 34.8 Å². The highest BCUT2D eigenvalue weighted by Gasteiger charge is 2.40. The Labute approximate surface area is 162 Å². The zero-order valence-electron chi connectivity index (χ0n) is 13.6. The Hall–Kier alpha value is -0.690. The van der Waals surface area contributed by atoms with Crippen molar-refractivity contribution in [1.29, 1.82) is 0 Å². The van der Waals surface area contributed by atoms with Crippen LogP contribution in [-0.2, 0) is 14.8 Å². The van der Waals surface area contributed by atoms with Gasteiger partial charge in [0.25, 0.3) is 0 Å². The van der Waals surface area contributed by atoms with Crippen LogP contribution in [0.15, 0.2) is 12.1 Å². The zero-order chi connectivity index (χ0) is 18.4. The van der Waals surface area contributed by atoms with Crippen molar-refractivity contribution >= 4 is 56.4 Å². The first-order valence-electron chi connectivity index (χ1n) is 8.06. The SMILES string of the molecule is CS(=O)(=O)N(CC(=O)N[C@H]1C[C@H]2CC[C@H]1C2)c1cc(Cl)c(Cl)cc1Cl. The van der Waals surface area contributed by atoms with Gasteiger partial charge in [-0.2, -0.15) is 0 Å². The molecular formula is C16H19Cl3N2O3S. The van der Waals surface area contributed by atoms with Crippen LogP contribution in [0.3, 0.4) is 0 Å². The minimum atomic E-state index is -3.72. The Kier molecular flexibility index (Phi) is 5.45. The summed E-state index contributed by atoms with van der Waals surface area (Å²) in [5.74, 6) is 0.852. The van der Waals surface area contributed by atoms with Gasteiger partial charge < -0.3 is 5.32 Å². The maximum atomic E-state index is 12.4. The number of fused-ring (bicyclic) bond motifs is 2. The van der Waals surface area contributed by atoms with Gasteiger partial charge in [-0.05, 0) is 43.2 Å². The van der Waals surface area contributed by atoms with Crippen molar-refractivity contribution in [3.05, 3.63) is 27.2 Å². The standard InChI is InChI=1S/C16H19Cl3N2O3S/c1-25(23,24)21(15-7-12(18)11(17)6-13(15)19)8-16(22)20-14-5-9-2-3-10(14)4-9/h6-7,9-10,14H,2-5,8H2,1H3,(H,20,22)/t9-,10-,14-/m0/s1. The Morgan fingerprint density at radius 3 is 2.40 bits per heavy atom. The number of hydrogen-bond donors (Lipinski definition) is 1. The number of carbonyl (C=O) groups excluding carboxylic acids is 1. The molecule has 0 saturated heterocycles. The molecule has 1 aromatic carbocycles. The van der Waals surface area contributed by atoms with Crippen LogP contribution in [0, 0.1) is 11.8 Å². The van der Waals surface area contributed by atoms with Crippen LogP contribution in [0.4, 0.5) is 5.69 Å². The van der Waals surface area contributed by atoms with Crippen molar-refractivity contribution in [3.63, 3.8) is 0 Å². The average molecular weight is 426 g/mol. The van der Waals surface area contributed by atoms with Crippen molar-refractivity contribution in [2.45, 2.75) is 31.7 Å². The second kappa shape index (κ2) is 7.14. The zero-order valence-corrected chi connectivity index (χ0v) is 16.7. The summed E-state index contributed by atoms with van der Waals surface area (Å²) in [6.45, 7) is -0.343. The molecule has 0 spiro atoms. The van der Waals surface area contributed by atoms with Crippen molar-refractivity contribution in [2.24, 2.45) is 11.8 Å². The predicted molar refractivity (Wildman–Crippen MR) is 101 cm³/mol. The minimum absolute atomic E-state index is 0.118. The van der Waals surface area contributed by atoms with Gasteiger partial charge in [0.2, 0.25) is 15.9 Å². The summed E-state index contributed by atoms with van der Waals surface area (Å²) in [4.78, 5) is 12.4. The van der Waals surface area contributed by atoms with E-state index in [2.05, 4.69) is 5.32 Å². The molecule has 2 aliphatic carbocycles. The van der Waals surface area contributed by atoms with E-state index >= 15 is 0 Å². The van der Waals surface area contributed by atoms with Gasteiger partial charge in [-0.3, -0.25) is 9.10 Å². The molecule has 2 saturated carbocycles. The minimum Gasteiger partial charge on any atom is -0.352 e. The van der Waals surface area contributed by atoms with Crippen molar-refractivity contribution in [2.75, 3.05) is 17.1 Å². The van der Waals surface area contributed by atoms with E-state index in [1.54, 1.807) is 0 Å². The van der Waals surface area contributed by atoms with E-state index in [0.29, 0.717) is 11.8 Å². The van der Waals surface area contributed by atoms with Gasteiger partial charge in [0.15, 0.2) is 0 Å². The molecule has 25 heavy (non-hydrogen) atoms. The lowest BCUT2D eigenvalue weighted by Gasteiger charge is -2.27. The van der Waals surface area contributed by atoms with E-state index < -0.39 is 10.0 Å².